The molecule has 1 atom stereocenters. The molecule has 214 valence electrons. The third-order valence-electron chi connectivity index (χ3n) is 8.76. The van der Waals surface area contributed by atoms with E-state index in [1.165, 1.54) is 0 Å². The minimum atomic E-state index is -1.66. The maximum absolute atomic E-state index is 15.0. The predicted octanol–water partition coefficient (Wildman–Crippen LogP) is 5.91. The molecule has 43 heavy (non-hydrogen) atoms. The van der Waals surface area contributed by atoms with E-state index >= 15 is 4.79 Å². The summed E-state index contributed by atoms with van der Waals surface area (Å²) in [6.45, 7) is 4.41. The molecule has 0 N–H and O–H groups in total. The molecule has 2 aliphatic heterocycles. The molecule has 0 fully saturated rings. The van der Waals surface area contributed by atoms with Gasteiger partial charge in [-0.05, 0) is 67.3 Å². The van der Waals surface area contributed by atoms with Crippen LogP contribution in [0.15, 0.2) is 100 Å². The number of para-hydroxylation sites is 1. The standard InChI is InChI=1S/C36H30N2O5/c1-22-12-17-30-27(20-22)32(39)31-33(43-30)34(40)38(19-18-24-13-15-26(42-3)16-14-24)36(31)28-10-6-7-11-29(28)37(35(36)41)21-25-9-5-4-8-23(25)2/h4-17,20H,18-19,21H2,1-3H3. The zero-order valence-electron chi connectivity index (χ0n) is 24.2. The maximum atomic E-state index is 15.0. The van der Waals surface area contributed by atoms with Crippen LogP contribution < -0.4 is 15.1 Å². The number of carbonyl (C=O) groups excluding carboxylic acids is 2. The highest BCUT2D eigenvalue weighted by Crippen LogP contribution is 2.53. The molecule has 1 aromatic heterocycles. The molecule has 0 saturated heterocycles. The van der Waals surface area contributed by atoms with Crippen molar-refractivity contribution in [2.24, 2.45) is 0 Å². The Morgan fingerprint density at radius 3 is 2.37 bits per heavy atom. The Morgan fingerprint density at radius 1 is 0.860 bits per heavy atom. The van der Waals surface area contributed by atoms with Crippen LogP contribution in [0.25, 0.3) is 11.0 Å². The number of fused-ring (bicyclic) bond motifs is 5. The summed E-state index contributed by atoms with van der Waals surface area (Å²) in [5.74, 6) is -0.146. The number of ether oxygens (including phenoxy) is 1. The van der Waals surface area contributed by atoms with E-state index in [0.717, 1.165) is 28.0 Å². The number of anilines is 1. The molecule has 2 aliphatic rings. The fourth-order valence-corrected chi connectivity index (χ4v) is 6.55. The van der Waals surface area contributed by atoms with E-state index in [2.05, 4.69) is 0 Å². The number of carbonyl (C=O) groups is 2. The molecule has 7 heteroatoms. The van der Waals surface area contributed by atoms with Gasteiger partial charge < -0.3 is 19.0 Å². The van der Waals surface area contributed by atoms with Gasteiger partial charge in [-0.3, -0.25) is 14.4 Å². The number of aryl methyl sites for hydroxylation is 2. The predicted molar refractivity (Wildman–Crippen MR) is 165 cm³/mol. The van der Waals surface area contributed by atoms with Crippen LogP contribution >= 0.6 is 0 Å². The lowest BCUT2D eigenvalue weighted by Crippen LogP contribution is -2.53. The fourth-order valence-electron chi connectivity index (χ4n) is 6.55. The Bertz CT molecular complexity index is 1990. The van der Waals surface area contributed by atoms with E-state index < -0.39 is 11.4 Å². The van der Waals surface area contributed by atoms with Crippen molar-refractivity contribution >= 4 is 28.5 Å². The lowest BCUT2D eigenvalue weighted by atomic mass is 9.83. The first-order valence-corrected chi connectivity index (χ1v) is 14.3. The Morgan fingerprint density at radius 2 is 1.60 bits per heavy atom. The average molecular weight is 571 g/mol. The van der Waals surface area contributed by atoms with Crippen molar-refractivity contribution in [2.45, 2.75) is 32.4 Å². The number of methoxy groups -OCH3 is 1. The molecule has 5 aromatic rings. The van der Waals surface area contributed by atoms with Gasteiger partial charge in [0, 0.05) is 12.1 Å². The number of hydrogen-bond acceptors (Lipinski definition) is 5. The van der Waals surface area contributed by atoms with Crippen molar-refractivity contribution in [3.05, 3.63) is 140 Å². The van der Waals surface area contributed by atoms with Gasteiger partial charge in [-0.25, -0.2) is 0 Å². The molecule has 4 aromatic carbocycles. The summed E-state index contributed by atoms with van der Waals surface area (Å²) in [5, 5.41) is 0.352. The third-order valence-corrected chi connectivity index (χ3v) is 8.76. The normalized spacial score (nSPS) is 17.2. The molecule has 1 spiro atoms. The number of rotatable bonds is 6. The first-order chi connectivity index (χ1) is 20.8. The van der Waals surface area contributed by atoms with Crippen molar-refractivity contribution in [3.63, 3.8) is 0 Å². The average Bonchev–Trinajstić information content (AvgIpc) is 3.41. The van der Waals surface area contributed by atoms with Crippen LogP contribution in [-0.2, 0) is 23.3 Å². The Balaban J connectivity index is 1.44. The van der Waals surface area contributed by atoms with Crippen LogP contribution in [0.1, 0.15) is 43.9 Å². The number of benzene rings is 4. The summed E-state index contributed by atoms with van der Waals surface area (Å²) >= 11 is 0. The third kappa shape index (κ3) is 3.91. The number of hydrogen-bond donors (Lipinski definition) is 0. The van der Waals surface area contributed by atoms with Crippen LogP contribution in [0.3, 0.4) is 0 Å². The quantitative estimate of drug-likeness (QED) is 0.254. The summed E-state index contributed by atoms with van der Waals surface area (Å²) in [6.07, 6.45) is 0.464. The van der Waals surface area contributed by atoms with Gasteiger partial charge in [0.15, 0.2) is 11.0 Å². The Kier molecular flexibility index (Phi) is 6.20. The molecule has 3 heterocycles. The van der Waals surface area contributed by atoms with E-state index in [1.54, 1.807) is 29.0 Å². The Labute approximate surface area is 248 Å². The molecule has 0 bridgehead atoms. The topological polar surface area (TPSA) is 80.1 Å². The van der Waals surface area contributed by atoms with Crippen molar-refractivity contribution in [2.75, 3.05) is 18.6 Å². The van der Waals surface area contributed by atoms with E-state index in [0.29, 0.717) is 35.2 Å². The lowest BCUT2D eigenvalue weighted by molar-refractivity contribution is -0.126. The molecule has 0 aliphatic carbocycles. The van der Waals surface area contributed by atoms with Gasteiger partial charge in [0.2, 0.25) is 5.76 Å². The molecule has 0 radical (unpaired) electrons. The summed E-state index contributed by atoms with van der Waals surface area (Å²) in [6, 6.07) is 28.3. The van der Waals surface area contributed by atoms with Gasteiger partial charge >= 0.3 is 0 Å². The fraction of sp³-hybridized carbons (Fsp3) is 0.194. The van der Waals surface area contributed by atoms with Crippen LogP contribution in [0, 0.1) is 13.8 Å². The van der Waals surface area contributed by atoms with Crippen molar-refractivity contribution in [1.82, 2.24) is 4.90 Å². The summed E-state index contributed by atoms with van der Waals surface area (Å²) in [4.78, 5) is 47.0. The first-order valence-electron chi connectivity index (χ1n) is 14.3. The van der Waals surface area contributed by atoms with Crippen molar-refractivity contribution < 1.29 is 18.7 Å². The number of nitrogens with zero attached hydrogens (tertiary/aromatic N) is 2. The van der Waals surface area contributed by atoms with Gasteiger partial charge in [0.25, 0.3) is 11.8 Å². The largest absolute Gasteiger partial charge is 0.497 e. The van der Waals surface area contributed by atoms with Crippen LogP contribution in [0.2, 0.25) is 0 Å². The van der Waals surface area contributed by atoms with Crippen molar-refractivity contribution in [3.8, 4) is 5.75 Å². The van der Waals surface area contributed by atoms with Crippen molar-refractivity contribution in [1.29, 1.82) is 0 Å². The van der Waals surface area contributed by atoms with Crippen LogP contribution in [-0.4, -0.2) is 30.4 Å². The zero-order chi connectivity index (χ0) is 29.9. The minimum Gasteiger partial charge on any atom is -0.497 e. The van der Waals surface area contributed by atoms with Gasteiger partial charge in [-0.15, -0.1) is 0 Å². The van der Waals surface area contributed by atoms with E-state index in [1.807, 2.05) is 92.7 Å². The second-order valence-corrected chi connectivity index (χ2v) is 11.2. The van der Waals surface area contributed by atoms with E-state index in [-0.39, 0.29) is 29.2 Å². The van der Waals surface area contributed by atoms with Gasteiger partial charge in [0.1, 0.15) is 11.3 Å². The number of amides is 2. The van der Waals surface area contributed by atoms with Gasteiger partial charge in [-0.1, -0.05) is 66.2 Å². The molecule has 2 amide bonds. The van der Waals surface area contributed by atoms with Crippen LogP contribution in [0.5, 0.6) is 5.75 Å². The van der Waals surface area contributed by atoms with E-state index in [4.69, 9.17) is 9.15 Å². The van der Waals surface area contributed by atoms with Gasteiger partial charge in [0.05, 0.1) is 30.3 Å². The highest BCUT2D eigenvalue weighted by atomic mass is 16.5. The smallest absolute Gasteiger partial charge is 0.291 e. The zero-order valence-corrected chi connectivity index (χ0v) is 24.2. The molecular formula is C36H30N2O5. The summed E-state index contributed by atoms with van der Waals surface area (Å²) < 4.78 is 11.5. The van der Waals surface area contributed by atoms with Crippen LogP contribution in [0.4, 0.5) is 5.69 Å². The second-order valence-electron chi connectivity index (χ2n) is 11.2. The Hall–Kier alpha value is -5.17. The second kappa shape index (κ2) is 9.98. The summed E-state index contributed by atoms with van der Waals surface area (Å²) in [7, 11) is 1.61. The highest BCUT2D eigenvalue weighted by Gasteiger charge is 2.64. The highest BCUT2D eigenvalue weighted by molar-refractivity contribution is 6.17. The lowest BCUT2D eigenvalue weighted by Gasteiger charge is -2.34. The molecule has 1 unspecified atom stereocenters. The monoisotopic (exact) mass is 570 g/mol. The SMILES string of the molecule is COc1ccc(CCN2C(=O)c3oc4ccc(C)cc4c(=O)c3C23C(=O)N(Cc2ccccc2C)c2ccccc23)cc1. The first kappa shape index (κ1) is 26.7. The van der Waals surface area contributed by atoms with Gasteiger partial charge in [-0.2, -0.15) is 0 Å². The molecule has 7 nitrogen and oxygen atoms in total. The maximum Gasteiger partial charge on any atom is 0.291 e. The molecular weight excluding hydrogens is 540 g/mol. The molecule has 0 saturated carbocycles. The minimum absolute atomic E-state index is 0.0722. The van der Waals surface area contributed by atoms with E-state index in [9.17, 15) is 9.59 Å². The summed E-state index contributed by atoms with van der Waals surface area (Å²) in [5.41, 5.74) is 3.57. The molecule has 7 rings (SSSR count).